The molecule has 3 rings (SSSR count). The number of hydrogen-bond acceptors (Lipinski definition) is 5. The highest BCUT2D eigenvalue weighted by molar-refractivity contribution is 6.04. The van der Waals surface area contributed by atoms with Gasteiger partial charge in [-0.05, 0) is 55.3 Å². The van der Waals surface area contributed by atoms with Gasteiger partial charge in [0.05, 0.1) is 31.7 Å². The summed E-state index contributed by atoms with van der Waals surface area (Å²) in [5.41, 5.74) is 5.02. The zero-order valence-electron chi connectivity index (χ0n) is 16.4. The van der Waals surface area contributed by atoms with Crippen molar-refractivity contribution in [2.24, 2.45) is 0 Å². The molecule has 0 spiro atoms. The molecule has 6 heteroatoms. The van der Waals surface area contributed by atoms with Gasteiger partial charge in [-0.3, -0.25) is 9.78 Å². The molecule has 0 unspecified atom stereocenters. The van der Waals surface area contributed by atoms with E-state index in [1.54, 1.807) is 26.5 Å². The van der Waals surface area contributed by atoms with Crippen LogP contribution in [-0.4, -0.2) is 25.1 Å². The molecule has 0 aliphatic carbocycles. The van der Waals surface area contributed by atoms with Gasteiger partial charge in [0.25, 0.3) is 5.91 Å². The lowest BCUT2D eigenvalue weighted by atomic mass is 10.1. The van der Waals surface area contributed by atoms with E-state index in [1.165, 1.54) is 11.8 Å². The van der Waals surface area contributed by atoms with Crippen LogP contribution >= 0.6 is 0 Å². The molecule has 0 saturated heterocycles. The van der Waals surface area contributed by atoms with Crippen LogP contribution < -0.4 is 20.1 Å². The van der Waals surface area contributed by atoms with Crippen LogP contribution in [0.15, 0.2) is 54.9 Å². The number of nitrogens with one attached hydrogen (secondary N) is 2. The second kappa shape index (κ2) is 8.43. The summed E-state index contributed by atoms with van der Waals surface area (Å²) < 4.78 is 10.6. The highest BCUT2D eigenvalue weighted by Gasteiger charge is 2.10. The maximum atomic E-state index is 12.6. The molecule has 0 radical (unpaired) electrons. The van der Waals surface area contributed by atoms with E-state index >= 15 is 0 Å². The summed E-state index contributed by atoms with van der Waals surface area (Å²) in [7, 11) is 3.17. The number of amides is 1. The van der Waals surface area contributed by atoms with E-state index in [1.807, 2.05) is 50.2 Å². The number of ether oxygens (including phenoxy) is 2. The monoisotopic (exact) mass is 377 g/mol. The largest absolute Gasteiger partial charge is 0.493 e. The van der Waals surface area contributed by atoms with Crippen molar-refractivity contribution in [3.8, 4) is 11.5 Å². The number of carbonyl (C=O) groups excluding carboxylic acids is 1. The number of rotatable bonds is 6. The molecule has 0 aliphatic rings. The van der Waals surface area contributed by atoms with E-state index < -0.39 is 0 Å². The number of methoxy groups -OCH3 is 2. The normalized spacial score (nSPS) is 10.3. The van der Waals surface area contributed by atoms with Gasteiger partial charge in [-0.15, -0.1) is 0 Å². The van der Waals surface area contributed by atoms with Crippen molar-refractivity contribution in [2.45, 2.75) is 13.8 Å². The van der Waals surface area contributed by atoms with Crippen molar-refractivity contribution in [3.63, 3.8) is 0 Å². The van der Waals surface area contributed by atoms with Crippen LogP contribution in [0.1, 0.15) is 21.5 Å². The van der Waals surface area contributed by atoms with E-state index in [4.69, 9.17) is 9.47 Å². The Morgan fingerprint density at radius 1 is 0.821 bits per heavy atom. The summed E-state index contributed by atoms with van der Waals surface area (Å²) in [6, 6.07) is 13.1. The molecule has 0 saturated carbocycles. The van der Waals surface area contributed by atoms with Gasteiger partial charge < -0.3 is 20.1 Å². The van der Waals surface area contributed by atoms with Crippen molar-refractivity contribution < 1.29 is 14.3 Å². The fraction of sp³-hybridized carbons (Fsp3) is 0.182. The lowest BCUT2D eigenvalue weighted by molar-refractivity contribution is 0.102. The van der Waals surface area contributed by atoms with Gasteiger partial charge in [-0.1, -0.05) is 6.07 Å². The molecular weight excluding hydrogens is 354 g/mol. The van der Waals surface area contributed by atoms with Crippen LogP contribution in [0.5, 0.6) is 11.5 Å². The summed E-state index contributed by atoms with van der Waals surface area (Å²) in [6.45, 7) is 4.05. The Morgan fingerprint density at radius 2 is 1.57 bits per heavy atom. The minimum Gasteiger partial charge on any atom is -0.493 e. The van der Waals surface area contributed by atoms with Crippen LogP contribution in [0.25, 0.3) is 0 Å². The molecule has 0 bridgehead atoms. The van der Waals surface area contributed by atoms with Crippen molar-refractivity contribution in [1.82, 2.24) is 4.98 Å². The average Bonchev–Trinajstić information content (AvgIpc) is 2.71. The van der Waals surface area contributed by atoms with Gasteiger partial charge in [0.1, 0.15) is 0 Å². The Morgan fingerprint density at radius 3 is 2.29 bits per heavy atom. The number of pyridine rings is 1. The molecule has 3 aromatic rings. The Bertz CT molecular complexity index is 1000. The molecule has 1 amide bonds. The van der Waals surface area contributed by atoms with Crippen molar-refractivity contribution in [3.05, 3.63) is 71.5 Å². The van der Waals surface area contributed by atoms with E-state index in [0.29, 0.717) is 22.7 Å². The Kier molecular flexibility index (Phi) is 5.79. The Hall–Kier alpha value is -3.54. The number of carbonyl (C=O) groups is 1. The molecule has 1 aromatic heterocycles. The summed E-state index contributed by atoms with van der Waals surface area (Å²) in [5, 5.41) is 6.14. The van der Waals surface area contributed by atoms with Crippen LogP contribution in [0, 0.1) is 13.8 Å². The van der Waals surface area contributed by atoms with Crippen LogP contribution in [0.3, 0.4) is 0 Å². The number of nitrogens with zero attached hydrogens (tertiary/aromatic N) is 1. The first-order valence-electron chi connectivity index (χ1n) is 8.83. The number of anilines is 3. The topological polar surface area (TPSA) is 72.5 Å². The molecule has 0 fully saturated rings. The molecule has 0 atom stereocenters. The second-order valence-electron chi connectivity index (χ2n) is 6.41. The third kappa shape index (κ3) is 4.40. The number of aromatic nitrogens is 1. The molecule has 1 heterocycles. The van der Waals surface area contributed by atoms with Crippen LogP contribution in [0.2, 0.25) is 0 Å². The first-order valence-corrected chi connectivity index (χ1v) is 8.83. The van der Waals surface area contributed by atoms with Crippen molar-refractivity contribution >= 4 is 23.0 Å². The van der Waals surface area contributed by atoms with Gasteiger partial charge >= 0.3 is 0 Å². The van der Waals surface area contributed by atoms with Gasteiger partial charge in [0.15, 0.2) is 11.5 Å². The van der Waals surface area contributed by atoms with Gasteiger partial charge in [-0.2, -0.15) is 0 Å². The molecule has 6 nitrogen and oxygen atoms in total. The molecule has 2 N–H and O–H groups in total. The van der Waals surface area contributed by atoms with E-state index in [2.05, 4.69) is 15.6 Å². The van der Waals surface area contributed by atoms with E-state index in [-0.39, 0.29) is 5.91 Å². The van der Waals surface area contributed by atoms with Crippen LogP contribution in [-0.2, 0) is 0 Å². The first-order chi connectivity index (χ1) is 13.5. The standard InChI is InChI=1S/C22H23N3O3/c1-14-5-6-17(9-15(14)2)25-22(26)16-10-19(13-23-12-16)24-18-7-8-20(27-3)21(11-18)28-4/h5-13,24H,1-4H3,(H,25,26). The Balaban J connectivity index is 1.76. The summed E-state index contributed by atoms with van der Waals surface area (Å²) >= 11 is 0. The zero-order valence-corrected chi connectivity index (χ0v) is 16.4. The molecule has 28 heavy (non-hydrogen) atoms. The van der Waals surface area contributed by atoms with E-state index in [9.17, 15) is 4.79 Å². The zero-order chi connectivity index (χ0) is 20.1. The van der Waals surface area contributed by atoms with Gasteiger partial charge in [-0.25, -0.2) is 0 Å². The fourth-order valence-corrected chi connectivity index (χ4v) is 2.74. The molecule has 0 aliphatic heterocycles. The summed E-state index contributed by atoms with van der Waals surface area (Å²) in [6.07, 6.45) is 3.19. The molecule has 2 aromatic carbocycles. The lowest BCUT2D eigenvalue weighted by Crippen LogP contribution is -2.12. The number of aryl methyl sites for hydroxylation is 2. The smallest absolute Gasteiger partial charge is 0.257 e. The average molecular weight is 377 g/mol. The van der Waals surface area contributed by atoms with Gasteiger partial charge in [0.2, 0.25) is 0 Å². The lowest BCUT2D eigenvalue weighted by Gasteiger charge is -2.12. The second-order valence-corrected chi connectivity index (χ2v) is 6.41. The third-order valence-electron chi connectivity index (χ3n) is 4.44. The first kappa shape index (κ1) is 19.2. The summed E-state index contributed by atoms with van der Waals surface area (Å²) in [4.78, 5) is 16.8. The quantitative estimate of drug-likeness (QED) is 0.651. The highest BCUT2D eigenvalue weighted by Crippen LogP contribution is 2.31. The Labute approximate surface area is 164 Å². The maximum Gasteiger partial charge on any atom is 0.257 e. The van der Waals surface area contributed by atoms with Crippen molar-refractivity contribution in [2.75, 3.05) is 24.9 Å². The molecular formula is C22H23N3O3. The summed E-state index contributed by atoms with van der Waals surface area (Å²) in [5.74, 6) is 1.04. The number of hydrogen-bond donors (Lipinski definition) is 2. The minimum absolute atomic E-state index is 0.216. The highest BCUT2D eigenvalue weighted by atomic mass is 16.5. The van der Waals surface area contributed by atoms with E-state index in [0.717, 1.165) is 16.9 Å². The fourth-order valence-electron chi connectivity index (χ4n) is 2.74. The SMILES string of the molecule is COc1ccc(Nc2cncc(C(=O)Nc3ccc(C)c(C)c3)c2)cc1OC. The van der Waals surface area contributed by atoms with Gasteiger partial charge in [0, 0.05) is 23.6 Å². The van der Waals surface area contributed by atoms with Crippen LogP contribution in [0.4, 0.5) is 17.1 Å². The predicted octanol–water partition coefficient (Wildman–Crippen LogP) is 4.71. The third-order valence-corrected chi connectivity index (χ3v) is 4.44. The predicted molar refractivity (Wildman–Crippen MR) is 111 cm³/mol. The minimum atomic E-state index is -0.216. The number of benzene rings is 2. The maximum absolute atomic E-state index is 12.6. The van der Waals surface area contributed by atoms with Crippen molar-refractivity contribution in [1.29, 1.82) is 0 Å². The molecule has 144 valence electrons.